The van der Waals surface area contributed by atoms with Crippen LogP contribution in [0.1, 0.15) is 36.9 Å². The monoisotopic (exact) mass is 693 g/mol. The number of nitrogens with one attached hydrogen (secondary N) is 5. The van der Waals surface area contributed by atoms with E-state index >= 15 is 4.39 Å². The molecule has 2 aliphatic heterocycles. The summed E-state index contributed by atoms with van der Waals surface area (Å²) >= 11 is 13.8. The van der Waals surface area contributed by atoms with Gasteiger partial charge in [0.25, 0.3) is 0 Å². The number of anilines is 2. The average molecular weight is 695 g/mol. The highest BCUT2D eigenvalue weighted by Crippen LogP contribution is 2.40. The fourth-order valence-electron chi connectivity index (χ4n) is 5.72. The molecule has 2 fully saturated rings. The Morgan fingerprint density at radius 1 is 0.896 bits per heavy atom. The van der Waals surface area contributed by atoms with Gasteiger partial charge in [-0.25, -0.2) is 19.3 Å². The number of benzene rings is 1. The normalized spacial score (nSPS) is 17.3. The van der Waals surface area contributed by atoms with Gasteiger partial charge in [-0.05, 0) is 31.0 Å². The summed E-state index contributed by atoms with van der Waals surface area (Å²) in [7, 11) is 1.56. The molecule has 2 amide bonds. The molecule has 2 unspecified atom stereocenters. The molecule has 2 atom stereocenters. The molecule has 12 nitrogen and oxygen atoms in total. The van der Waals surface area contributed by atoms with Crippen LogP contribution in [0, 0.1) is 5.82 Å². The van der Waals surface area contributed by atoms with E-state index in [1.165, 1.54) is 6.33 Å². The fourth-order valence-corrected chi connectivity index (χ4v) is 6.30. The van der Waals surface area contributed by atoms with Gasteiger partial charge in [-0.3, -0.25) is 14.6 Å². The summed E-state index contributed by atoms with van der Waals surface area (Å²) in [4.78, 5) is 40.3. The largest absolute Gasteiger partial charge is 0.481 e. The smallest absolute Gasteiger partial charge is 0.220 e. The lowest BCUT2D eigenvalue weighted by molar-refractivity contribution is -0.120. The van der Waals surface area contributed by atoms with Gasteiger partial charge in [-0.1, -0.05) is 41.4 Å². The van der Waals surface area contributed by atoms with Gasteiger partial charge in [0.15, 0.2) is 11.6 Å². The first kappa shape index (κ1) is 33.5. The molecule has 2 saturated heterocycles. The topological polar surface area (TPSA) is 155 Å². The number of hydrogen-bond donors (Lipinski definition) is 5. The second-order valence-corrected chi connectivity index (χ2v) is 12.3. The van der Waals surface area contributed by atoms with E-state index in [0.717, 1.165) is 18.4 Å². The molecule has 0 bridgehead atoms. The van der Waals surface area contributed by atoms with Gasteiger partial charge >= 0.3 is 0 Å². The van der Waals surface area contributed by atoms with Crippen LogP contribution in [0.25, 0.3) is 22.5 Å². The predicted molar refractivity (Wildman–Crippen MR) is 180 cm³/mol. The van der Waals surface area contributed by atoms with Gasteiger partial charge in [-0.2, -0.15) is 0 Å². The Labute approximate surface area is 286 Å². The number of hydrogen-bond acceptors (Lipinski definition) is 10. The number of ether oxygens (including phenoxy) is 1. The zero-order valence-electron chi connectivity index (χ0n) is 26.1. The number of carbonyl (C=O) groups excluding carboxylic acids is 2. The summed E-state index contributed by atoms with van der Waals surface area (Å²) in [5, 5.41) is 15.9. The Kier molecular flexibility index (Phi) is 10.6. The molecule has 2 aliphatic rings. The lowest BCUT2D eigenvalue weighted by atomic mass is 10.1. The van der Waals surface area contributed by atoms with Crippen molar-refractivity contribution in [2.45, 2.75) is 50.9 Å². The minimum atomic E-state index is -0.621. The lowest BCUT2D eigenvalue weighted by Crippen LogP contribution is -2.35. The lowest BCUT2D eigenvalue weighted by Gasteiger charge is -2.16. The number of halogens is 3. The molecule has 1 aromatic carbocycles. The number of carbonyl (C=O) groups is 2. The average Bonchev–Trinajstić information content (AvgIpc) is 3.70. The van der Waals surface area contributed by atoms with Crippen LogP contribution in [-0.2, 0) is 22.7 Å². The van der Waals surface area contributed by atoms with Crippen LogP contribution < -0.4 is 31.3 Å². The van der Waals surface area contributed by atoms with Gasteiger partial charge in [0.1, 0.15) is 6.33 Å². The molecule has 5 N–H and O–H groups in total. The standard InChI is InChI=1S/C33H34Cl2FN9O3/c1-48-33-18(13-37-14-19-6-9-26(46)42-19)5-8-23(45-33)21-11-12-39-31(29(21)35)22-3-2-4-24(28(22)34)44-32-30(36)25(40-17-41-32)16-38-15-20-7-10-27(47)43-20/h2-5,8,11-12,17,19-20,37-38H,6-7,9-10,13-16H2,1H3,(H,42,46)(H,43,47)(H,40,41,44). The van der Waals surface area contributed by atoms with Gasteiger partial charge in [0.2, 0.25) is 17.7 Å². The SMILES string of the molecule is COc1nc(-c2ccnc(-c3cccc(Nc4ncnc(CNCC5CCC(=O)N5)c4F)c3Cl)c2Cl)ccc1CNCC1CCC(=O)N1. The zero-order valence-corrected chi connectivity index (χ0v) is 27.6. The van der Waals surface area contributed by atoms with E-state index in [2.05, 4.69) is 41.5 Å². The van der Waals surface area contributed by atoms with Crippen LogP contribution in [0.2, 0.25) is 10.0 Å². The minimum absolute atomic E-state index is 0.0128. The van der Waals surface area contributed by atoms with Gasteiger partial charge in [0, 0.05) is 74.0 Å². The number of methoxy groups -OCH3 is 1. The highest BCUT2D eigenvalue weighted by atomic mass is 35.5. The second-order valence-electron chi connectivity index (χ2n) is 11.5. The van der Waals surface area contributed by atoms with Gasteiger partial charge in [-0.15, -0.1) is 0 Å². The number of nitrogens with zero attached hydrogens (tertiary/aromatic N) is 4. The van der Waals surface area contributed by atoms with E-state index in [9.17, 15) is 9.59 Å². The Balaban J connectivity index is 1.17. The Morgan fingerprint density at radius 2 is 1.62 bits per heavy atom. The van der Waals surface area contributed by atoms with Crippen molar-refractivity contribution in [3.05, 3.63) is 76.0 Å². The molecular weight excluding hydrogens is 660 g/mol. The van der Waals surface area contributed by atoms with Gasteiger partial charge < -0.3 is 31.3 Å². The molecule has 5 heterocycles. The summed E-state index contributed by atoms with van der Waals surface area (Å²) in [5.74, 6) is -0.117. The maximum Gasteiger partial charge on any atom is 0.220 e. The van der Waals surface area contributed by atoms with Crippen molar-refractivity contribution in [2.75, 3.05) is 25.5 Å². The van der Waals surface area contributed by atoms with Crippen LogP contribution in [-0.4, -0.2) is 64.0 Å². The van der Waals surface area contributed by atoms with Crippen molar-refractivity contribution in [1.82, 2.24) is 41.2 Å². The zero-order chi connectivity index (χ0) is 33.6. The molecule has 3 aromatic heterocycles. The highest BCUT2D eigenvalue weighted by molar-refractivity contribution is 6.39. The van der Waals surface area contributed by atoms with E-state index in [4.69, 9.17) is 32.9 Å². The van der Waals surface area contributed by atoms with Crippen molar-refractivity contribution in [2.24, 2.45) is 0 Å². The maximum atomic E-state index is 15.4. The Morgan fingerprint density at radius 3 is 2.31 bits per heavy atom. The first-order valence-corrected chi connectivity index (χ1v) is 16.3. The summed E-state index contributed by atoms with van der Waals surface area (Å²) in [5.41, 5.74) is 3.58. The summed E-state index contributed by atoms with van der Waals surface area (Å²) in [6.45, 7) is 1.82. The molecule has 4 aromatic rings. The summed E-state index contributed by atoms with van der Waals surface area (Å²) in [6, 6.07) is 10.9. The van der Waals surface area contributed by atoms with E-state index in [1.807, 2.05) is 12.1 Å². The minimum Gasteiger partial charge on any atom is -0.481 e. The van der Waals surface area contributed by atoms with Crippen molar-refractivity contribution in [3.63, 3.8) is 0 Å². The molecular formula is C33H34Cl2FN9O3. The molecule has 0 saturated carbocycles. The molecule has 0 radical (unpaired) electrons. The number of pyridine rings is 2. The van der Waals surface area contributed by atoms with Crippen molar-refractivity contribution < 1.29 is 18.7 Å². The number of amides is 2. The summed E-state index contributed by atoms with van der Waals surface area (Å²) < 4.78 is 21.0. The Bertz CT molecular complexity index is 1830. The van der Waals surface area contributed by atoms with Crippen molar-refractivity contribution in [3.8, 4) is 28.4 Å². The van der Waals surface area contributed by atoms with E-state index in [0.29, 0.717) is 71.6 Å². The first-order valence-electron chi connectivity index (χ1n) is 15.5. The van der Waals surface area contributed by atoms with Gasteiger partial charge in [0.05, 0.1) is 39.9 Å². The molecule has 0 aliphatic carbocycles. The molecule has 0 spiro atoms. The number of aromatic nitrogens is 4. The molecule has 48 heavy (non-hydrogen) atoms. The van der Waals surface area contributed by atoms with E-state index in [-0.39, 0.29) is 47.0 Å². The number of rotatable bonds is 13. The highest BCUT2D eigenvalue weighted by Gasteiger charge is 2.23. The fraction of sp³-hybridized carbons (Fsp3) is 0.333. The van der Waals surface area contributed by atoms with E-state index < -0.39 is 5.82 Å². The second kappa shape index (κ2) is 15.2. The van der Waals surface area contributed by atoms with Crippen molar-refractivity contribution in [1.29, 1.82) is 0 Å². The molecule has 250 valence electrons. The Hall–Kier alpha value is -4.43. The first-order chi connectivity index (χ1) is 23.3. The van der Waals surface area contributed by atoms with Crippen molar-refractivity contribution >= 4 is 46.5 Å². The maximum absolute atomic E-state index is 15.4. The van der Waals surface area contributed by atoms with Crippen LogP contribution >= 0.6 is 23.2 Å². The van der Waals surface area contributed by atoms with Crippen LogP contribution in [0.4, 0.5) is 15.9 Å². The van der Waals surface area contributed by atoms with Crippen LogP contribution in [0.15, 0.2) is 48.9 Å². The third kappa shape index (κ3) is 7.65. The third-order valence-corrected chi connectivity index (χ3v) is 9.02. The summed E-state index contributed by atoms with van der Waals surface area (Å²) in [6.07, 6.45) is 5.49. The van der Waals surface area contributed by atoms with Crippen LogP contribution in [0.3, 0.4) is 0 Å². The molecule has 6 rings (SSSR count). The van der Waals surface area contributed by atoms with Crippen LogP contribution in [0.5, 0.6) is 5.88 Å². The predicted octanol–water partition coefficient (Wildman–Crippen LogP) is 4.54. The third-order valence-electron chi connectivity index (χ3n) is 8.23. The van der Waals surface area contributed by atoms with E-state index in [1.54, 1.807) is 37.6 Å². The molecule has 15 heteroatoms. The quantitative estimate of drug-likeness (QED) is 0.135.